The van der Waals surface area contributed by atoms with E-state index in [1.165, 1.54) is 0 Å². The van der Waals surface area contributed by atoms with Crippen LogP contribution in [0.2, 0.25) is 0 Å². The summed E-state index contributed by atoms with van der Waals surface area (Å²) in [6.07, 6.45) is 3.49. The van der Waals surface area contributed by atoms with Gasteiger partial charge in [0.15, 0.2) is 5.78 Å². The van der Waals surface area contributed by atoms with Gasteiger partial charge >= 0.3 is 0 Å². The van der Waals surface area contributed by atoms with Crippen LogP contribution in [0.4, 0.5) is 0 Å². The molecule has 4 heteroatoms. The number of fused-ring (bicyclic) bond motifs is 1. The van der Waals surface area contributed by atoms with Crippen molar-refractivity contribution in [2.24, 2.45) is 0 Å². The zero-order valence-corrected chi connectivity index (χ0v) is 14.7. The van der Waals surface area contributed by atoms with Gasteiger partial charge in [-0.2, -0.15) is 11.3 Å². The van der Waals surface area contributed by atoms with Crippen LogP contribution in [0.5, 0.6) is 5.75 Å². The Morgan fingerprint density at radius 1 is 1.16 bits per heavy atom. The number of thiophene rings is 1. The van der Waals surface area contributed by atoms with Crippen molar-refractivity contribution in [1.82, 2.24) is 4.98 Å². The Kier molecular flexibility index (Phi) is 4.20. The molecule has 2 aromatic heterocycles. The van der Waals surface area contributed by atoms with Gasteiger partial charge in [-0.15, -0.1) is 0 Å². The fourth-order valence-corrected chi connectivity index (χ4v) is 3.75. The lowest BCUT2D eigenvalue weighted by Gasteiger charge is -2.18. The Morgan fingerprint density at radius 2 is 2.08 bits per heavy atom. The van der Waals surface area contributed by atoms with E-state index in [9.17, 15) is 4.79 Å². The second-order valence-corrected chi connectivity index (χ2v) is 6.76. The molecule has 1 aliphatic carbocycles. The molecule has 0 saturated heterocycles. The van der Waals surface area contributed by atoms with E-state index in [1.54, 1.807) is 18.4 Å². The number of carbonyl (C=O) groups is 1. The van der Waals surface area contributed by atoms with E-state index in [-0.39, 0.29) is 5.78 Å². The summed E-state index contributed by atoms with van der Waals surface area (Å²) in [7, 11) is 1.64. The molecule has 2 heterocycles. The summed E-state index contributed by atoms with van der Waals surface area (Å²) in [6, 6.07) is 13.6. The molecule has 0 unspecified atom stereocenters. The number of Topliss-reactive ketones (excluding diaryl/α,β-unsaturated/α-hetero) is 1. The van der Waals surface area contributed by atoms with Crippen molar-refractivity contribution in [3.05, 3.63) is 75.6 Å². The minimum atomic E-state index is 0.0895. The first-order chi connectivity index (χ1) is 12.2. The molecule has 0 saturated carbocycles. The van der Waals surface area contributed by atoms with Crippen LogP contribution in [0, 0.1) is 0 Å². The summed E-state index contributed by atoms with van der Waals surface area (Å²) >= 11 is 1.65. The Bertz CT molecular complexity index is 958. The number of aromatic nitrogens is 1. The molecule has 1 aliphatic rings. The van der Waals surface area contributed by atoms with Crippen LogP contribution < -0.4 is 4.74 Å². The van der Waals surface area contributed by atoms with Crippen molar-refractivity contribution >= 4 is 23.2 Å². The molecule has 4 rings (SSSR count). The highest BCUT2D eigenvalue weighted by Gasteiger charge is 2.22. The summed E-state index contributed by atoms with van der Waals surface area (Å²) in [5.41, 5.74) is 5.51. The third-order valence-electron chi connectivity index (χ3n) is 4.42. The van der Waals surface area contributed by atoms with Crippen molar-refractivity contribution in [1.29, 1.82) is 0 Å². The lowest BCUT2D eigenvalue weighted by Crippen LogP contribution is -2.14. The predicted octanol–water partition coefficient (Wildman–Crippen LogP) is 5.03. The molecular weight excluding hydrogens is 330 g/mol. The monoisotopic (exact) mass is 347 g/mol. The van der Waals surface area contributed by atoms with E-state index < -0.39 is 0 Å². The summed E-state index contributed by atoms with van der Waals surface area (Å²) < 4.78 is 5.25. The molecule has 25 heavy (non-hydrogen) atoms. The van der Waals surface area contributed by atoms with Crippen LogP contribution in [0.3, 0.4) is 0 Å². The molecule has 0 N–H and O–H groups in total. The number of ketones is 1. The van der Waals surface area contributed by atoms with Crippen LogP contribution in [-0.2, 0) is 6.42 Å². The third-order valence-corrected chi connectivity index (χ3v) is 5.11. The summed E-state index contributed by atoms with van der Waals surface area (Å²) in [5.74, 6) is 0.885. The average molecular weight is 347 g/mol. The van der Waals surface area contributed by atoms with Gasteiger partial charge in [0.2, 0.25) is 0 Å². The van der Waals surface area contributed by atoms with Crippen molar-refractivity contribution in [3.8, 4) is 17.0 Å². The highest BCUT2D eigenvalue weighted by atomic mass is 32.1. The molecule has 0 radical (unpaired) electrons. The fourth-order valence-electron chi connectivity index (χ4n) is 3.10. The second kappa shape index (κ2) is 6.65. The first-order valence-corrected chi connectivity index (χ1v) is 9.11. The molecule has 0 amide bonds. The molecule has 1 aromatic carbocycles. The van der Waals surface area contributed by atoms with Crippen LogP contribution in [0.1, 0.15) is 28.0 Å². The number of hydrogen-bond donors (Lipinski definition) is 0. The number of methoxy groups -OCH3 is 1. The van der Waals surface area contributed by atoms with Gasteiger partial charge in [0.05, 0.1) is 18.5 Å². The molecule has 3 nitrogen and oxygen atoms in total. The number of hydrogen-bond acceptors (Lipinski definition) is 4. The van der Waals surface area contributed by atoms with Gasteiger partial charge in [0, 0.05) is 22.1 Å². The average Bonchev–Trinajstić information content (AvgIpc) is 3.19. The Labute approximate surface area is 150 Å². The van der Waals surface area contributed by atoms with Crippen LogP contribution in [0.25, 0.3) is 17.3 Å². The van der Waals surface area contributed by atoms with Crippen LogP contribution in [-0.4, -0.2) is 17.9 Å². The summed E-state index contributed by atoms with van der Waals surface area (Å²) in [5, 5.41) is 4.12. The Morgan fingerprint density at radius 3 is 2.88 bits per heavy atom. The van der Waals surface area contributed by atoms with E-state index in [1.807, 2.05) is 47.9 Å². The number of ether oxygens (including phenoxy) is 1. The van der Waals surface area contributed by atoms with Crippen LogP contribution in [0.15, 0.2) is 58.8 Å². The first-order valence-electron chi connectivity index (χ1n) is 8.16. The number of benzene rings is 1. The van der Waals surface area contributed by atoms with Gasteiger partial charge in [0.25, 0.3) is 0 Å². The maximum absolute atomic E-state index is 12.8. The molecule has 0 bridgehead atoms. The maximum atomic E-state index is 12.8. The standard InChI is InChI=1S/C21H17NO2S/c1-24-18-7-8-19-14(12-18)5-6-15(21(19)23)11-17-3-2-4-20(22-17)16-9-10-25-13-16/h2-4,7-13H,5-6H2,1H3/b15-11+. The fraction of sp³-hybridized carbons (Fsp3) is 0.143. The smallest absolute Gasteiger partial charge is 0.189 e. The number of allylic oxidation sites excluding steroid dienone is 1. The van der Waals surface area contributed by atoms with Crippen LogP contribution >= 0.6 is 11.3 Å². The zero-order chi connectivity index (χ0) is 17.2. The number of aryl methyl sites for hydroxylation is 1. The second-order valence-electron chi connectivity index (χ2n) is 5.98. The molecule has 0 aliphatic heterocycles. The van der Waals surface area contributed by atoms with Crippen molar-refractivity contribution in [2.75, 3.05) is 7.11 Å². The highest BCUT2D eigenvalue weighted by molar-refractivity contribution is 7.08. The molecule has 124 valence electrons. The third kappa shape index (κ3) is 3.13. The van der Waals surface area contributed by atoms with Gasteiger partial charge in [-0.3, -0.25) is 4.79 Å². The highest BCUT2D eigenvalue weighted by Crippen LogP contribution is 2.29. The van der Waals surface area contributed by atoms with Gasteiger partial charge in [0.1, 0.15) is 5.75 Å². The lowest BCUT2D eigenvalue weighted by molar-refractivity contribution is 0.102. The van der Waals surface area contributed by atoms with Crippen molar-refractivity contribution < 1.29 is 9.53 Å². The number of nitrogens with zero attached hydrogens (tertiary/aromatic N) is 1. The SMILES string of the molecule is COc1ccc2c(c1)CC/C(=C\c1cccc(-c3ccsc3)n1)C2=O. The Hall–Kier alpha value is -2.72. The lowest BCUT2D eigenvalue weighted by atomic mass is 9.86. The van der Waals surface area contributed by atoms with Crippen molar-refractivity contribution in [2.45, 2.75) is 12.8 Å². The maximum Gasteiger partial charge on any atom is 0.189 e. The topological polar surface area (TPSA) is 39.2 Å². The summed E-state index contributed by atoms with van der Waals surface area (Å²) in [4.78, 5) is 17.5. The Balaban J connectivity index is 1.66. The predicted molar refractivity (Wildman–Crippen MR) is 101 cm³/mol. The van der Waals surface area contributed by atoms with E-state index in [4.69, 9.17) is 4.74 Å². The van der Waals surface area contributed by atoms with Gasteiger partial charge in [-0.25, -0.2) is 4.98 Å². The van der Waals surface area contributed by atoms with Gasteiger partial charge < -0.3 is 4.74 Å². The van der Waals surface area contributed by atoms with E-state index >= 15 is 0 Å². The van der Waals surface area contributed by atoms with E-state index in [2.05, 4.69) is 16.4 Å². The molecule has 0 atom stereocenters. The normalized spacial score (nSPS) is 15.2. The van der Waals surface area contributed by atoms with Gasteiger partial charge in [-0.05, 0) is 66.3 Å². The van der Waals surface area contributed by atoms with E-state index in [0.29, 0.717) is 0 Å². The zero-order valence-electron chi connectivity index (χ0n) is 13.9. The minimum Gasteiger partial charge on any atom is -0.497 e. The largest absolute Gasteiger partial charge is 0.497 e. The minimum absolute atomic E-state index is 0.0895. The molecular formula is C21H17NO2S. The quantitative estimate of drug-likeness (QED) is 0.624. The molecule has 3 aromatic rings. The van der Waals surface area contributed by atoms with Crippen molar-refractivity contribution in [3.63, 3.8) is 0 Å². The summed E-state index contributed by atoms with van der Waals surface area (Å²) in [6.45, 7) is 0. The number of rotatable bonds is 3. The van der Waals surface area contributed by atoms with E-state index in [0.717, 1.165) is 52.2 Å². The first kappa shape index (κ1) is 15.8. The number of carbonyl (C=O) groups excluding carboxylic acids is 1. The van der Waals surface area contributed by atoms with Gasteiger partial charge in [-0.1, -0.05) is 6.07 Å². The molecule has 0 spiro atoms. The molecule has 0 fully saturated rings. The number of pyridine rings is 1.